The van der Waals surface area contributed by atoms with E-state index in [1.54, 1.807) is 0 Å². The second kappa shape index (κ2) is 4.33. The van der Waals surface area contributed by atoms with Crippen molar-refractivity contribution in [3.63, 3.8) is 0 Å². The second-order valence-electron chi connectivity index (χ2n) is 4.05. The number of nitrogens with one attached hydrogen (secondary N) is 1. The molecular formula is C12H16ClN. The highest BCUT2D eigenvalue weighted by Crippen LogP contribution is 2.42. The number of halogens is 1. The summed E-state index contributed by atoms with van der Waals surface area (Å²) in [7, 11) is 2.03. The number of hydrogen-bond donors (Lipinski definition) is 1. The predicted molar refractivity (Wildman–Crippen MR) is 60.8 cm³/mol. The predicted octanol–water partition coefficient (Wildman–Crippen LogP) is 3.05. The third-order valence-electron chi connectivity index (χ3n) is 3.18. The van der Waals surface area contributed by atoms with Gasteiger partial charge in [0.25, 0.3) is 0 Å². The van der Waals surface area contributed by atoms with Crippen molar-refractivity contribution >= 4 is 11.6 Å². The Morgan fingerprint density at radius 3 is 2.50 bits per heavy atom. The van der Waals surface area contributed by atoms with E-state index in [0.29, 0.717) is 0 Å². The Bertz CT molecular complexity index is 294. The average Bonchev–Trinajstić information content (AvgIpc) is 2.16. The van der Waals surface area contributed by atoms with Crippen LogP contribution in [0.3, 0.4) is 0 Å². The monoisotopic (exact) mass is 209 g/mol. The fourth-order valence-corrected chi connectivity index (χ4v) is 2.35. The minimum Gasteiger partial charge on any atom is -0.319 e. The largest absolute Gasteiger partial charge is 0.319 e. The van der Waals surface area contributed by atoms with E-state index < -0.39 is 0 Å². The van der Waals surface area contributed by atoms with Gasteiger partial charge in [-0.25, -0.2) is 0 Å². The van der Waals surface area contributed by atoms with Gasteiger partial charge in [0.05, 0.1) is 0 Å². The highest BCUT2D eigenvalue weighted by Gasteiger charge is 2.30. The van der Waals surface area contributed by atoms with Gasteiger partial charge in [0.2, 0.25) is 0 Å². The summed E-state index contributed by atoms with van der Waals surface area (Å²) in [6, 6.07) is 8.31. The summed E-state index contributed by atoms with van der Waals surface area (Å²) in [5.41, 5.74) is 1.45. The van der Waals surface area contributed by atoms with E-state index in [2.05, 4.69) is 17.4 Å². The van der Waals surface area contributed by atoms with Crippen molar-refractivity contribution in [1.82, 2.24) is 5.32 Å². The molecule has 2 rings (SSSR count). The molecule has 1 fully saturated rings. The van der Waals surface area contributed by atoms with Crippen LogP contribution >= 0.6 is 11.6 Å². The van der Waals surface area contributed by atoms with E-state index in [9.17, 15) is 0 Å². The molecule has 0 aromatic heterocycles. The summed E-state index contributed by atoms with van der Waals surface area (Å²) in [5.74, 6) is 1.57. The van der Waals surface area contributed by atoms with Crippen molar-refractivity contribution in [1.29, 1.82) is 0 Å². The van der Waals surface area contributed by atoms with Gasteiger partial charge in [0, 0.05) is 5.02 Å². The molecule has 1 aromatic rings. The molecule has 0 saturated heterocycles. The van der Waals surface area contributed by atoms with Crippen LogP contribution in [0.5, 0.6) is 0 Å². The highest BCUT2D eigenvalue weighted by atomic mass is 35.5. The minimum atomic E-state index is 0.750. The molecule has 1 N–H and O–H groups in total. The third-order valence-corrected chi connectivity index (χ3v) is 3.43. The Balaban J connectivity index is 2.04. The topological polar surface area (TPSA) is 12.0 Å². The van der Waals surface area contributed by atoms with Crippen LogP contribution in [0.2, 0.25) is 5.02 Å². The van der Waals surface area contributed by atoms with E-state index in [0.717, 1.165) is 23.4 Å². The van der Waals surface area contributed by atoms with Crippen LogP contribution in [0.1, 0.15) is 24.3 Å². The van der Waals surface area contributed by atoms with Crippen molar-refractivity contribution < 1.29 is 0 Å². The lowest BCUT2D eigenvalue weighted by atomic mass is 9.70. The molecule has 2 atom stereocenters. The Morgan fingerprint density at radius 1 is 1.29 bits per heavy atom. The van der Waals surface area contributed by atoms with E-state index in [4.69, 9.17) is 11.6 Å². The summed E-state index contributed by atoms with van der Waals surface area (Å²) < 4.78 is 0. The normalized spacial score (nSPS) is 25.9. The number of benzene rings is 1. The molecule has 76 valence electrons. The number of hydrogen-bond acceptors (Lipinski definition) is 1. The quantitative estimate of drug-likeness (QED) is 0.807. The molecule has 0 bridgehead atoms. The maximum atomic E-state index is 5.86. The first kappa shape index (κ1) is 10.0. The summed E-state index contributed by atoms with van der Waals surface area (Å²) in [5, 5.41) is 4.09. The summed E-state index contributed by atoms with van der Waals surface area (Å²) >= 11 is 5.86. The molecule has 14 heavy (non-hydrogen) atoms. The van der Waals surface area contributed by atoms with E-state index in [1.807, 2.05) is 19.2 Å². The van der Waals surface area contributed by atoms with Gasteiger partial charge in [-0.2, -0.15) is 0 Å². The van der Waals surface area contributed by atoms with Crippen LogP contribution in [0, 0.1) is 5.92 Å². The lowest BCUT2D eigenvalue weighted by molar-refractivity contribution is 0.251. The molecule has 1 nitrogen and oxygen atoms in total. The van der Waals surface area contributed by atoms with Crippen molar-refractivity contribution in [3.8, 4) is 0 Å². The standard InChI is InChI=1S/C12H16ClN/c1-14-8-10-4-7-12(10)9-2-5-11(13)6-3-9/h2-3,5-6,10,12,14H,4,7-8H2,1H3. The van der Waals surface area contributed by atoms with E-state index in [1.165, 1.54) is 18.4 Å². The molecule has 2 unspecified atom stereocenters. The Labute approximate surface area is 90.5 Å². The zero-order chi connectivity index (χ0) is 9.97. The van der Waals surface area contributed by atoms with Gasteiger partial charge in [0.15, 0.2) is 0 Å². The molecule has 1 saturated carbocycles. The lowest BCUT2D eigenvalue weighted by Crippen LogP contribution is -2.32. The molecule has 1 aliphatic carbocycles. The zero-order valence-corrected chi connectivity index (χ0v) is 9.22. The van der Waals surface area contributed by atoms with Gasteiger partial charge >= 0.3 is 0 Å². The molecule has 0 heterocycles. The first-order valence-corrected chi connectivity index (χ1v) is 5.59. The van der Waals surface area contributed by atoms with Gasteiger partial charge in [-0.3, -0.25) is 0 Å². The number of rotatable bonds is 3. The smallest absolute Gasteiger partial charge is 0.0406 e. The minimum absolute atomic E-state index is 0.750. The van der Waals surface area contributed by atoms with Crippen LogP contribution in [-0.2, 0) is 0 Å². The Kier molecular flexibility index (Phi) is 3.09. The summed E-state index contributed by atoms with van der Waals surface area (Å²) in [4.78, 5) is 0. The maximum Gasteiger partial charge on any atom is 0.0406 e. The maximum absolute atomic E-state index is 5.86. The SMILES string of the molecule is CNCC1CCC1c1ccc(Cl)cc1. The van der Waals surface area contributed by atoms with Crippen LogP contribution in [0.4, 0.5) is 0 Å². The van der Waals surface area contributed by atoms with E-state index >= 15 is 0 Å². The van der Waals surface area contributed by atoms with Gasteiger partial charge in [-0.1, -0.05) is 23.7 Å². The van der Waals surface area contributed by atoms with Gasteiger partial charge in [-0.15, -0.1) is 0 Å². The molecule has 0 radical (unpaired) electrons. The van der Waals surface area contributed by atoms with Gasteiger partial charge < -0.3 is 5.32 Å². The van der Waals surface area contributed by atoms with E-state index in [-0.39, 0.29) is 0 Å². The molecule has 0 aliphatic heterocycles. The van der Waals surface area contributed by atoms with Crippen LogP contribution in [0.15, 0.2) is 24.3 Å². The van der Waals surface area contributed by atoms with Crippen LogP contribution < -0.4 is 5.32 Å². The fraction of sp³-hybridized carbons (Fsp3) is 0.500. The Morgan fingerprint density at radius 2 is 2.00 bits per heavy atom. The average molecular weight is 210 g/mol. The lowest BCUT2D eigenvalue weighted by Gasteiger charge is -2.37. The van der Waals surface area contributed by atoms with Gasteiger partial charge in [-0.05, 0) is 56.0 Å². The third kappa shape index (κ3) is 1.94. The fourth-order valence-electron chi connectivity index (χ4n) is 2.22. The molecule has 1 aliphatic rings. The van der Waals surface area contributed by atoms with Crippen LogP contribution in [-0.4, -0.2) is 13.6 Å². The molecule has 1 aromatic carbocycles. The highest BCUT2D eigenvalue weighted by molar-refractivity contribution is 6.30. The van der Waals surface area contributed by atoms with Crippen molar-refractivity contribution in [2.45, 2.75) is 18.8 Å². The molecular weight excluding hydrogens is 194 g/mol. The molecule has 0 amide bonds. The summed E-state index contributed by atoms with van der Waals surface area (Å²) in [6.07, 6.45) is 2.68. The summed E-state index contributed by atoms with van der Waals surface area (Å²) in [6.45, 7) is 1.13. The Hall–Kier alpha value is -0.530. The first-order chi connectivity index (χ1) is 6.81. The molecule has 0 spiro atoms. The molecule has 2 heteroatoms. The first-order valence-electron chi connectivity index (χ1n) is 5.21. The van der Waals surface area contributed by atoms with Crippen molar-refractivity contribution in [3.05, 3.63) is 34.9 Å². The zero-order valence-electron chi connectivity index (χ0n) is 8.46. The van der Waals surface area contributed by atoms with Gasteiger partial charge in [0.1, 0.15) is 0 Å². The van der Waals surface area contributed by atoms with Crippen molar-refractivity contribution in [2.75, 3.05) is 13.6 Å². The van der Waals surface area contributed by atoms with Crippen LogP contribution in [0.25, 0.3) is 0 Å². The second-order valence-corrected chi connectivity index (χ2v) is 4.49. The van der Waals surface area contributed by atoms with Crippen molar-refractivity contribution in [2.24, 2.45) is 5.92 Å².